The molecule has 154 valence electrons. The molecule has 0 spiro atoms. The van der Waals surface area contributed by atoms with Gasteiger partial charge >= 0.3 is 0 Å². The third-order valence-electron chi connectivity index (χ3n) is 5.59. The van der Waals surface area contributed by atoms with Gasteiger partial charge in [0.05, 0.1) is 20.3 Å². The lowest BCUT2D eigenvalue weighted by molar-refractivity contribution is 0.236. The number of hydrogen-bond acceptors (Lipinski definition) is 3. The summed E-state index contributed by atoms with van der Waals surface area (Å²) < 4.78 is 11.1. The van der Waals surface area contributed by atoms with Gasteiger partial charge in [-0.05, 0) is 52.9 Å². The molecule has 1 unspecified atom stereocenters. The maximum Gasteiger partial charge on any atom is 0.161 e. The highest BCUT2D eigenvalue weighted by molar-refractivity contribution is 6.30. The zero-order valence-electron chi connectivity index (χ0n) is 17.3. The first-order chi connectivity index (χ1) is 14.7. The van der Waals surface area contributed by atoms with Crippen LogP contribution in [-0.2, 0) is 6.42 Å². The third-order valence-corrected chi connectivity index (χ3v) is 5.82. The van der Waals surface area contributed by atoms with Crippen molar-refractivity contribution in [3.05, 3.63) is 100 Å². The van der Waals surface area contributed by atoms with Crippen LogP contribution in [0.15, 0.2) is 72.8 Å². The molecule has 0 aliphatic carbocycles. The van der Waals surface area contributed by atoms with Crippen LogP contribution in [0.25, 0.3) is 6.08 Å². The van der Waals surface area contributed by atoms with Crippen LogP contribution in [0.5, 0.6) is 11.5 Å². The van der Waals surface area contributed by atoms with Crippen molar-refractivity contribution in [2.45, 2.75) is 12.5 Å². The summed E-state index contributed by atoms with van der Waals surface area (Å²) in [6.45, 7) is 1.80. The van der Waals surface area contributed by atoms with Crippen LogP contribution in [0.3, 0.4) is 0 Å². The first kappa shape index (κ1) is 20.5. The normalized spacial score (nSPS) is 16.4. The molecule has 0 N–H and O–H groups in total. The number of benzene rings is 3. The highest BCUT2D eigenvalue weighted by Crippen LogP contribution is 2.41. The maximum atomic E-state index is 6.35. The molecule has 4 rings (SSSR count). The van der Waals surface area contributed by atoms with Gasteiger partial charge in [0.15, 0.2) is 11.5 Å². The van der Waals surface area contributed by atoms with E-state index in [4.69, 9.17) is 21.1 Å². The number of ether oxygens (including phenoxy) is 2. The summed E-state index contributed by atoms with van der Waals surface area (Å²) in [4.78, 5) is 2.49. The molecule has 3 nitrogen and oxygen atoms in total. The Hall–Kier alpha value is -2.75. The Bertz CT molecular complexity index is 1030. The smallest absolute Gasteiger partial charge is 0.161 e. The fourth-order valence-corrected chi connectivity index (χ4v) is 4.35. The minimum atomic E-state index is 0.104. The molecule has 0 saturated heterocycles. The zero-order chi connectivity index (χ0) is 20.9. The van der Waals surface area contributed by atoms with Gasteiger partial charge in [0.1, 0.15) is 0 Å². The Morgan fingerprint density at radius 1 is 0.967 bits per heavy atom. The standard InChI is InChI=1S/C26H26ClNO2/c1-29-24-17-20-13-15-28(14-7-10-19-8-4-3-5-9-19)26(23(20)18-25(24)30-2)21-11-6-12-22(27)16-21/h3-12,16-18,26H,13-15H2,1-2H3/b10-7+. The molecule has 3 aromatic carbocycles. The molecule has 1 heterocycles. The van der Waals surface area contributed by atoms with Crippen molar-refractivity contribution >= 4 is 17.7 Å². The summed E-state index contributed by atoms with van der Waals surface area (Å²) in [6.07, 6.45) is 5.38. The van der Waals surface area contributed by atoms with Crippen LogP contribution in [0.1, 0.15) is 28.3 Å². The van der Waals surface area contributed by atoms with Crippen molar-refractivity contribution in [2.24, 2.45) is 0 Å². The van der Waals surface area contributed by atoms with Crippen LogP contribution < -0.4 is 9.47 Å². The zero-order valence-corrected chi connectivity index (χ0v) is 18.1. The fourth-order valence-electron chi connectivity index (χ4n) is 4.15. The van der Waals surface area contributed by atoms with Crippen molar-refractivity contribution in [1.29, 1.82) is 0 Å². The van der Waals surface area contributed by atoms with E-state index in [0.29, 0.717) is 0 Å². The van der Waals surface area contributed by atoms with E-state index in [-0.39, 0.29) is 6.04 Å². The van der Waals surface area contributed by atoms with Gasteiger partial charge in [0.25, 0.3) is 0 Å². The van der Waals surface area contributed by atoms with Crippen LogP contribution >= 0.6 is 11.6 Å². The Morgan fingerprint density at radius 2 is 1.73 bits per heavy atom. The van der Waals surface area contributed by atoms with E-state index >= 15 is 0 Å². The topological polar surface area (TPSA) is 21.7 Å². The first-order valence-electron chi connectivity index (χ1n) is 10.2. The van der Waals surface area contributed by atoms with Crippen molar-refractivity contribution in [1.82, 2.24) is 4.90 Å². The Labute approximate surface area is 183 Å². The van der Waals surface area contributed by atoms with Gasteiger partial charge in [0.2, 0.25) is 0 Å². The predicted molar refractivity (Wildman–Crippen MR) is 124 cm³/mol. The van der Waals surface area contributed by atoms with Crippen molar-refractivity contribution in [3.8, 4) is 11.5 Å². The molecular weight excluding hydrogens is 394 g/mol. The monoisotopic (exact) mass is 419 g/mol. The van der Waals surface area contributed by atoms with E-state index in [1.165, 1.54) is 22.3 Å². The minimum Gasteiger partial charge on any atom is -0.493 e. The molecule has 0 fully saturated rings. The average Bonchev–Trinajstić information content (AvgIpc) is 2.78. The van der Waals surface area contributed by atoms with E-state index in [9.17, 15) is 0 Å². The SMILES string of the molecule is COc1cc2c(cc1OC)C(c1cccc(Cl)c1)N(C/C=C/c1ccccc1)CC2. The van der Waals surface area contributed by atoms with Gasteiger partial charge in [0, 0.05) is 18.1 Å². The highest BCUT2D eigenvalue weighted by Gasteiger charge is 2.30. The van der Waals surface area contributed by atoms with Gasteiger partial charge in [-0.1, -0.05) is 66.2 Å². The molecule has 4 heteroatoms. The fraction of sp³-hybridized carbons (Fsp3) is 0.231. The van der Waals surface area contributed by atoms with E-state index in [1.54, 1.807) is 14.2 Å². The molecule has 1 aliphatic rings. The van der Waals surface area contributed by atoms with E-state index in [0.717, 1.165) is 36.0 Å². The summed E-state index contributed by atoms with van der Waals surface area (Å²) in [5.41, 5.74) is 4.93. The summed E-state index contributed by atoms with van der Waals surface area (Å²) in [7, 11) is 3.37. The quantitative estimate of drug-likeness (QED) is 0.487. The lowest BCUT2D eigenvalue weighted by atomic mass is 9.87. The number of hydrogen-bond donors (Lipinski definition) is 0. The molecule has 1 atom stereocenters. The first-order valence-corrected chi connectivity index (χ1v) is 10.5. The number of methoxy groups -OCH3 is 2. The third kappa shape index (κ3) is 4.38. The van der Waals surface area contributed by atoms with Crippen LogP contribution in [0.4, 0.5) is 0 Å². The number of fused-ring (bicyclic) bond motifs is 1. The Morgan fingerprint density at radius 3 is 2.47 bits per heavy atom. The van der Waals surface area contributed by atoms with Gasteiger partial charge in [-0.3, -0.25) is 4.90 Å². The highest BCUT2D eigenvalue weighted by atomic mass is 35.5. The van der Waals surface area contributed by atoms with Gasteiger partial charge in [-0.25, -0.2) is 0 Å². The molecule has 0 saturated carbocycles. The second-order valence-corrected chi connectivity index (χ2v) is 7.86. The molecule has 1 aliphatic heterocycles. The van der Waals surface area contributed by atoms with Crippen molar-refractivity contribution < 1.29 is 9.47 Å². The van der Waals surface area contributed by atoms with E-state index in [1.807, 2.05) is 18.2 Å². The minimum absolute atomic E-state index is 0.104. The van der Waals surface area contributed by atoms with Crippen molar-refractivity contribution in [2.75, 3.05) is 27.3 Å². The molecule has 0 radical (unpaired) electrons. The molecule has 3 aromatic rings. The van der Waals surface area contributed by atoms with Crippen LogP contribution in [-0.4, -0.2) is 32.2 Å². The lowest BCUT2D eigenvalue weighted by Gasteiger charge is -2.37. The second-order valence-electron chi connectivity index (χ2n) is 7.42. The number of nitrogens with zero attached hydrogens (tertiary/aromatic N) is 1. The van der Waals surface area contributed by atoms with Gasteiger partial charge in [-0.15, -0.1) is 0 Å². The number of rotatable bonds is 6. The molecule has 30 heavy (non-hydrogen) atoms. The Balaban J connectivity index is 1.71. The molecule has 0 aromatic heterocycles. The summed E-state index contributed by atoms with van der Waals surface area (Å²) in [5, 5.41) is 0.750. The average molecular weight is 420 g/mol. The van der Waals surface area contributed by atoms with E-state index < -0.39 is 0 Å². The van der Waals surface area contributed by atoms with Gasteiger partial charge in [-0.2, -0.15) is 0 Å². The summed E-state index contributed by atoms with van der Waals surface area (Å²) in [5.74, 6) is 1.53. The maximum absolute atomic E-state index is 6.35. The second kappa shape index (κ2) is 9.38. The molecule has 0 amide bonds. The van der Waals surface area contributed by atoms with E-state index in [2.05, 4.69) is 65.6 Å². The summed E-state index contributed by atoms with van der Waals surface area (Å²) in [6, 6.07) is 22.9. The van der Waals surface area contributed by atoms with Crippen LogP contribution in [0, 0.1) is 0 Å². The lowest BCUT2D eigenvalue weighted by Crippen LogP contribution is -2.36. The molecule has 0 bridgehead atoms. The van der Waals surface area contributed by atoms with Crippen LogP contribution in [0.2, 0.25) is 5.02 Å². The number of halogens is 1. The summed E-state index contributed by atoms with van der Waals surface area (Å²) >= 11 is 6.35. The predicted octanol–water partition coefficient (Wildman–Crippen LogP) is 6.02. The largest absolute Gasteiger partial charge is 0.493 e. The van der Waals surface area contributed by atoms with Crippen molar-refractivity contribution in [3.63, 3.8) is 0 Å². The Kier molecular flexibility index (Phi) is 6.41. The molecular formula is C26H26ClNO2. The van der Waals surface area contributed by atoms with Gasteiger partial charge < -0.3 is 9.47 Å².